The van der Waals surface area contributed by atoms with E-state index in [2.05, 4.69) is 30.8 Å². The molecule has 0 spiro atoms. The first-order valence-corrected chi connectivity index (χ1v) is 8.27. The Kier molecular flexibility index (Phi) is 4.64. The molecule has 0 bridgehead atoms. The van der Waals surface area contributed by atoms with Crippen molar-refractivity contribution in [2.75, 3.05) is 18.0 Å². The molecule has 0 N–H and O–H groups in total. The van der Waals surface area contributed by atoms with Gasteiger partial charge in [0.25, 0.3) is 0 Å². The highest BCUT2D eigenvalue weighted by atomic mass is 16.6. The predicted molar refractivity (Wildman–Crippen MR) is 91.9 cm³/mol. The van der Waals surface area contributed by atoms with E-state index >= 15 is 0 Å². The van der Waals surface area contributed by atoms with Crippen LogP contribution >= 0.6 is 0 Å². The Hall–Kier alpha value is -1.72. The molecule has 1 aromatic heterocycles. The van der Waals surface area contributed by atoms with Gasteiger partial charge >= 0.3 is 6.09 Å². The number of hydrogen-bond acceptors (Lipinski definition) is 4. The fourth-order valence-corrected chi connectivity index (χ4v) is 3.15. The Morgan fingerprint density at radius 2 is 1.78 bits per heavy atom. The molecule has 1 saturated heterocycles. The average Bonchev–Trinajstić information content (AvgIpc) is 2.64. The van der Waals surface area contributed by atoms with E-state index < -0.39 is 5.60 Å². The summed E-state index contributed by atoms with van der Waals surface area (Å²) >= 11 is 0. The van der Waals surface area contributed by atoms with Gasteiger partial charge in [0.15, 0.2) is 0 Å². The van der Waals surface area contributed by atoms with Crippen molar-refractivity contribution in [2.24, 2.45) is 7.05 Å². The summed E-state index contributed by atoms with van der Waals surface area (Å²) in [4.78, 5) is 16.6. The van der Waals surface area contributed by atoms with Gasteiger partial charge in [-0.3, -0.25) is 4.68 Å². The molecule has 0 aromatic carbocycles. The van der Waals surface area contributed by atoms with E-state index in [0.29, 0.717) is 6.54 Å². The monoisotopic (exact) mass is 322 g/mol. The molecule has 0 unspecified atom stereocenters. The fraction of sp³-hybridized carbons (Fsp3) is 0.765. The summed E-state index contributed by atoms with van der Waals surface area (Å²) in [6.45, 7) is 15.5. The molecule has 6 nitrogen and oxygen atoms in total. The Morgan fingerprint density at radius 3 is 2.26 bits per heavy atom. The van der Waals surface area contributed by atoms with Crippen molar-refractivity contribution in [1.82, 2.24) is 14.7 Å². The quantitative estimate of drug-likeness (QED) is 0.798. The number of ether oxygens (including phenoxy) is 1. The van der Waals surface area contributed by atoms with Gasteiger partial charge in [-0.1, -0.05) is 0 Å². The van der Waals surface area contributed by atoms with Crippen molar-refractivity contribution in [3.05, 3.63) is 11.3 Å². The van der Waals surface area contributed by atoms with Crippen LogP contribution in [0.3, 0.4) is 0 Å². The maximum absolute atomic E-state index is 12.4. The number of rotatable bonds is 1. The zero-order valence-corrected chi connectivity index (χ0v) is 15.7. The molecule has 1 aliphatic heterocycles. The van der Waals surface area contributed by atoms with E-state index in [1.54, 1.807) is 0 Å². The molecule has 1 aromatic rings. The lowest BCUT2D eigenvalue weighted by Gasteiger charge is -2.45. The van der Waals surface area contributed by atoms with Gasteiger partial charge in [-0.25, -0.2) is 4.79 Å². The number of amides is 1. The standard InChI is InChI=1S/C17H30N4O2/c1-11-10-21(16(22)23-17(5,6)7)12(2)9-20(11)15-13(3)14(4)18-19(15)8/h11-12H,9-10H2,1-8H3/t11-,12-/m1/s1. The molecule has 130 valence electrons. The van der Waals surface area contributed by atoms with Crippen LogP contribution in [0, 0.1) is 13.8 Å². The topological polar surface area (TPSA) is 50.6 Å². The molecule has 0 saturated carbocycles. The normalized spacial score (nSPS) is 22.4. The number of aryl methyl sites for hydroxylation is 2. The molecular weight excluding hydrogens is 292 g/mol. The zero-order valence-electron chi connectivity index (χ0n) is 15.7. The fourth-order valence-electron chi connectivity index (χ4n) is 3.15. The summed E-state index contributed by atoms with van der Waals surface area (Å²) in [5.41, 5.74) is 1.79. The lowest BCUT2D eigenvalue weighted by atomic mass is 10.1. The maximum atomic E-state index is 12.4. The van der Waals surface area contributed by atoms with Crippen LogP contribution in [-0.2, 0) is 11.8 Å². The van der Waals surface area contributed by atoms with E-state index in [4.69, 9.17) is 4.74 Å². The van der Waals surface area contributed by atoms with Crippen molar-refractivity contribution >= 4 is 11.9 Å². The van der Waals surface area contributed by atoms with Crippen LogP contribution in [0.25, 0.3) is 0 Å². The summed E-state index contributed by atoms with van der Waals surface area (Å²) in [6.07, 6.45) is -0.227. The van der Waals surface area contributed by atoms with Crippen molar-refractivity contribution < 1.29 is 9.53 Å². The molecule has 1 aliphatic rings. The Morgan fingerprint density at radius 1 is 1.17 bits per heavy atom. The lowest BCUT2D eigenvalue weighted by molar-refractivity contribution is 0.0129. The third-order valence-electron chi connectivity index (χ3n) is 4.37. The largest absolute Gasteiger partial charge is 0.444 e. The van der Waals surface area contributed by atoms with Crippen LogP contribution < -0.4 is 4.90 Å². The number of nitrogens with zero attached hydrogens (tertiary/aromatic N) is 4. The van der Waals surface area contributed by atoms with Crippen LogP contribution in [0.2, 0.25) is 0 Å². The third kappa shape index (κ3) is 3.62. The second kappa shape index (κ2) is 6.06. The minimum atomic E-state index is -0.465. The van der Waals surface area contributed by atoms with Crippen molar-refractivity contribution in [1.29, 1.82) is 0 Å². The third-order valence-corrected chi connectivity index (χ3v) is 4.37. The highest BCUT2D eigenvalue weighted by molar-refractivity contribution is 5.69. The van der Waals surface area contributed by atoms with Gasteiger partial charge in [0.05, 0.1) is 5.69 Å². The predicted octanol–water partition coefficient (Wildman–Crippen LogP) is 2.87. The molecule has 1 fully saturated rings. The highest BCUT2D eigenvalue weighted by Gasteiger charge is 2.36. The van der Waals surface area contributed by atoms with Crippen molar-refractivity contribution in [2.45, 2.75) is 66.2 Å². The van der Waals surface area contributed by atoms with E-state index in [-0.39, 0.29) is 18.2 Å². The maximum Gasteiger partial charge on any atom is 0.410 e. The molecule has 0 aliphatic carbocycles. The highest BCUT2D eigenvalue weighted by Crippen LogP contribution is 2.28. The molecule has 6 heteroatoms. The van der Waals surface area contributed by atoms with E-state index in [1.165, 1.54) is 5.56 Å². The first-order chi connectivity index (χ1) is 10.5. The number of carbonyl (C=O) groups is 1. The Balaban J connectivity index is 2.18. The summed E-state index contributed by atoms with van der Waals surface area (Å²) in [6, 6.07) is 0.308. The van der Waals surface area contributed by atoms with E-state index in [0.717, 1.165) is 18.1 Å². The second-order valence-corrected chi connectivity index (χ2v) is 7.64. The summed E-state index contributed by atoms with van der Waals surface area (Å²) in [5, 5.41) is 4.52. The smallest absolute Gasteiger partial charge is 0.410 e. The van der Waals surface area contributed by atoms with E-state index in [1.807, 2.05) is 44.3 Å². The summed E-state index contributed by atoms with van der Waals surface area (Å²) in [5.74, 6) is 1.14. The first kappa shape index (κ1) is 17.6. The Bertz CT molecular complexity index is 588. The zero-order chi connectivity index (χ0) is 17.5. The van der Waals surface area contributed by atoms with Gasteiger partial charge < -0.3 is 14.5 Å². The Labute approximate surface area is 139 Å². The van der Waals surface area contributed by atoms with Gasteiger partial charge in [0, 0.05) is 37.8 Å². The van der Waals surface area contributed by atoms with Crippen LogP contribution in [0.15, 0.2) is 0 Å². The minimum absolute atomic E-state index is 0.0932. The summed E-state index contributed by atoms with van der Waals surface area (Å²) < 4.78 is 7.48. The molecule has 2 atom stereocenters. The van der Waals surface area contributed by atoms with Gasteiger partial charge in [-0.2, -0.15) is 5.10 Å². The number of hydrogen-bond donors (Lipinski definition) is 0. The van der Waals surface area contributed by atoms with Gasteiger partial charge in [0.1, 0.15) is 11.4 Å². The molecule has 2 rings (SSSR count). The van der Waals surface area contributed by atoms with Crippen molar-refractivity contribution in [3.63, 3.8) is 0 Å². The van der Waals surface area contributed by atoms with Gasteiger partial charge in [-0.05, 0) is 48.5 Å². The number of aromatic nitrogens is 2. The molecule has 23 heavy (non-hydrogen) atoms. The van der Waals surface area contributed by atoms with Crippen molar-refractivity contribution in [3.8, 4) is 0 Å². The number of anilines is 1. The average molecular weight is 322 g/mol. The molecule has 2 heterocycles. The van der Waals surface area contributed by atoms with Crippen LogP contribution in [0.5, 0.6) is 0 Å². The molecular formula is C17H30N4O2. The second-order valence-electron chi connectivity index (χ2n) is 7.64. The van der Waals surface area contributed by atoms with Crippen LogP contribution in [0.1, 0.15) is 45.9 Å². The first-order valence-electron chi connectivity index (χ1n) is 8.27. The van der Waals surface area contributed by atoms with Gasteiger partial charge in [0.2, 0.25) is 0 Å². The minimum Gasteiger partial charge on any atom is -0.444 e. The lowest BCUT2D eigenvalue weighted by Crippen LogP contribution is -2.59. The number of carbonyl (C=O) groups excluding carboxylic acids is 1. The summed E-state index contributed by atoms with van der Waals surface area (Å²) in [7, 11) is 1.98. The van der Waals surface area contributed by atoms with Gasteiger partial charge in [-0.15, -0.1) is 0 Å². The molecule has 0 radical (unpaired) electrons. The molecule has 1 amide bonds. The number of piperazine rings is 1. The SMILES string of the molecule is Cc1nn(C)c(N2C[C@@H](C)N(C(=O)OC(C)(C)C)C[C@H]2C)c1C. The van der Waals surface area contributed by atoms with E-state index in [9.17, 15) is 4.79 Å². The van der Waals surface area contributed by atoms with Crippen LogP contribution in [0.4, 0.5) is 10.6 Å². The van der Waals surface area contributed by atoms with Crippen LogP contribution in [-0.4, -0.2) is 51.5 Å².